The van der Waals surface area contributed by atoms with Gasteiger partial charge in [0.25, 0.3) is 10.0 Å². The van der Waals surface area contributed by atoms with Crippen LogP contribution in [-0.2, 0) is 14.8 Å². The standard InChI is InChI=1S/C24H20ClNO5S2/c25-16-10-12-17(13-11-16)33(29,30)26(23(27)15-6-2-1-3-7-15)20-14-21-22(31-24(28)32-21)19-9-5-4-8-18(19)20/h4-5,8-15H,1-3,6-7H2. The Morgan fingerprint density at radius 2 is 1.67 bits per heavy atom. The van der Waals surface area contributed by atoms with Gasteiger partial charge in [-0.25, -0.2) is 17.5 Å². The first-order valence-electron chi connectivity index (χ1n) is 10.7. The minimum atomic E-state index is -4.25. The highest BCUT2D eigenvalue weighted by molar-refractivity contribution is 7.93. The van der Waals surface area contributed by atoms with Gasteiger partial charge in [-0.05, 0) is 43.2 Å². The van der Waals surface area contributed by atoms with E-state index in [9.17, 15) is 18.0 Å². The summed E-state index contributed by atoms with van der Waals surface area (Å²) in [5.74, 6) is -0.844. The predicted molar refractivity (Wildman–Crippen MR) is 131 cm³/mol. The lowest BCUT2D eigenvalue weighted by molar-refractivity contribution is -0.122. The van der Waals surface area contributed by atoms with Gasteiger partial charge in [-0.2, -0.15) is 0 Å². The molecule has 3 aromatic carbocycles. The number of amides is 1. The average Bonchev–Trinajstić information content (AvgIpc) is 3.20. The molecule has 9 heteroatoms. The summed E-state index contributed by atoms with van der Waals surface area (Å²) in [5, 5.41) is 1.50. The molecule has 0 N–H and O–H groups in total. The van der Waals surface area contributed by atoms with Gasteiger partial charge in [0.15, 0.2) is 5.58 Å². The van der Waals surface area contributed by atoms with Crippen LogP contribution in [0.4, 0.5) is 5.69 Å². The molecule has 4 aromatic rings. The second kappa shape index (κ2) is 8.59. The molecule has 0 radical (unpaired) electrons. The van der Waals surface area contributed by atoms with Crippen molar-refractivity contribution < 1.29 is 17.6 Å². The summed E-state index contributed by atoms with van der Waals surface area (Å²) >= 11 is 6.86. The van der Waals surface area contributed by atoms with E-state index in [0.717, 1.165) is 34.9 Å². The fourth-order valence-corrected chi connectivity index (χ4v) is 6.77. The normalized spacial score (nSPS) is 15.2. The average molecular weight is 502 g/mol. The number of rotatable bonds is 4. The van der Waals surface area contributed by atoms with Gasteiger partial charge in [0, 0.05) is 21.7 Å². The quantitative estimate of drug-likeness (QED) is 0.344. The Morgan fingerprint density at radius 1 is 1.00 bits per heavy atom. The van der Waals surface area contributed by atoms with E-state index in [1.54, 1.807) is 30.3 Å². The number of benzene rings is 3. The molecule has 1 heterocycles. The van der Waals surface area contributed by atoms with Gasteiger partial charge in [-0.15, -0.1) is 0 Å². The molecular weight excluding hydrogens is 482 g/mol. The molecule has 0 unspecified atom stereocenters. The van der Waals surface area contributed by atoms with E-state index in [-0.39, 0.29) is 10.6 Å². The van der Waals surface area contributed by atoms with Crippen molar-refractivity contribution in [2.45, 2.75) is 37.0 Å². The monoisotopic (exact) mass is 501 g/mol. The molecule has 0 spiro atoms. The van der Waals surface area contributed by atoms with E-state index in [0.29, 0.717) is 38.9 Å². The first-order valence-corrected chi connectivity index (χ1v) is 13.3. The minimum absolute atomic E-state index is 0.0272. The second-order valence-electron chi connectivity index (χ2n) is 8.12. The Balaban J connectivity index is 1.78. The molecule has 0 aliphatic heterocycles. The number of hydrogen-bond acceptors (Lipinski definition) is 6. The molecule has 33 heavy (non-hydrogen) atoms. The highest BCUT2D eigenvalue weighted by atomic mass is 35.5. The van der Waals surface area contributed by atoms with E-state index >= 15 is 0 Å². The molecule has 1 aromatic heterocycles. The summed E-state index contributed by atoms with van der Waals surface area (Å²) in [6.07, 6.45) is 4.09. The fraction of sp³-hybridized carbons (Fsp3) is 0.250. The fourth-order valence-electron chi connectivity index (χ4n) is 4.44. The zero-order valence-electron chi connectivity index (χ0n) is 17.5. The Morgan fingerprint density at radius 3 is 2.36 bits per heavy atom. The first-order chi connectivity index (χ1) is 15.9. The largest absolute Gasteiger partial charge is 0.413 e. The summed E-state index contributed by atoms with van der Waals surface area (Å²) in [5.41, 5.74) is 0.610. The first kappa shape index (κ1) is 22.1. The van der Waals surface area contributed by atoms with Crippen LogP contribution in [0.15, 0.2) is 68.7 Å². The minimum Gasteiger partial charge on any atom is -0.413 e. The lowest BCUT2D eigenvalue weighted by atomic mass is 9.88. The SMILES string of the molecule is O=C(C1CCCCC1)N(c1cc2sc(=O)oc2c2ccccc12)S(=O)(=O)c1ccc(Cl)cc1. The van der Waals surface area contributed by atoms with Gasteiger partial charge < -0.3 is 4.42 Å². The van der Waals surface area contributed by atoms with Crippen molar-refractivity contribution in [1.82, 2.24) is 0 Å². The summed E-state index contributed by atoms with van der Waals surface area (Å²) in [7, 11) is -4.25. The van der Waals surface area contributed by atoms with Gasteiger partial charge in [-0.3, -0.25) is 4.79 Å². The van der Waals surface area contributed by atoms with Gasteiger partial charge in [0.05, 0.1) is 15.3 Å². The van der Waals surface area contributed by atoms with Crippen molar-refractivity contribution >= 4 is 65.6 Å². The van der Waals surface area contributed by atoms with Crippen molar-refractivity contribution in [2.24, 2.45) is 5.92 Å². The Hall–Kier alpha value is -2.68. The van der Waals surface area contributed by atoms with Crippen LogP contribution in [0, 0.1) is 5.92 Å². The number of hydrogen-bond donors (Lipinski definition) is 0. The molecule has 0 saturated heterocycles. The molecule has 0 atom stereocenters. The Labute approximate surface area is 199 Å². The van der Waals surface area contributed by atoms with E-state index in [1.165, 1.54) is 24.3 Å². The highest BCUT2D eigenvalue weighted by Crippen LogP contribution is 2.39. The van der Waals surface area contributed by atoms with Crippen LogP contribution in [0.5, 0.6) is 0 Å². The highest BCUT2D eigenvalue weighted by Gasteiger charge is 2.37. The van der Waals surface area contributed by atoms with Gasteiger partial charge >= 0.3 is 4.94 Å². The maximum atomic E-state index is 13.9. The van der Waals surface area contributed by atoms with Crippen LogP contribution in [0.3, 0.4) is 0 Å². The zero-order valence-corrected chi connectivity index (χ0v) is 19.9. The zero-order chi connectivity index (χ0) is 23.2. The molecule has 170 valence electrons. The van der Waals surface area contributed by atoms with E-state index in [1.807, 2.05) is 0 Å². The summed E-state index contributed by atoms with van der Waals surface area (Å²) in [6.45, 7) is 0. The molecule has 1 aliphatic carbocycles. The van der Waals surface area contributed by atoms with Crippen molar-refractivity contribution in [3.63, 3.8) is 0 Å². The van der Waals surface area contributed by atoms with Crippen LogP contribution in [0.25, 0.3) is 21.1 Å². The van der Waals surface area contributed by atoms with Crippen LogP contribution in [-0.4, -0.2) is 14.3 Å². The number of halogens is 1. The molecule has 1 aliphatic rings. The summed E-state index contributed by atoms with van der Waals surface area (Å²) in [6, 6.07) is 14.4. The van der Waals surface area contributed by atoms with E-state index in [4.69, 9.17) is 16.0 Å². The maximum Gasteiger partial charge on any atom is 0.396 e. The number of sulfonamides is 1. The third kappa shape index (κ3) is 3.96. The number of carbonyl (C=O) groups is 1. The smallest absolute Gasteiger partial charge is 0.396 e. The predicted octanol–water partition coefficient (Wildman–Crippen LogP) is 5.96. The summed E-state index contributed by atoms with van der Waals surface area (Å²) < 4.78 is 34.6. The van der Waals surface area contributed by atoms with Gasteiger partial charge in [0.2, 0.25) is 5.91 Å². The topological polar surface area (TPSA) is 84.7 Å². The molecule has 5 rings (SSSR count). The van der Waals surface area contributed by atoms with Gasteiger partial charge in [0.1, 0.15) is 0 Å². The van der Waals surface area contributed by atoms with E-state index in [2.05, 4.69) is 0 Å². The molecule has 0 bridgehead atoms. The molecule has 1 amide bonds. The summed E-state index contributed by atoms with van der Waals surface area (Å²) in [4.78, 5) is 25.3. The lowest BCUT2D eigenvalue weighted by Crippen LogP contribution is -2.41. The van der Waals surface area contributed by atoms with Crippen LogP contribution >= 0.6 is 22.9 Å². The van der Waals surface area contributed by atoms with Crippen LogP contribution < -0.4 is 9.24 Å². The molecule has 6 nitrogen and oxygen atoms in total. The molecule has 1 fully saturated rings. The molecular formula is C24H20ClNO5S2. The van der Waals surface area contributed by atoms with Crippen molar-refractivity contribution in [3.05, 3.63) is 69.4 Å². The van der Waals surface area contributed by atoms with Crippen molar-refractivity contribution in [3.8, 4) is 0 Å². The Kier molecular flexibility index (Phi) is 5.76. The number of nitrogens with zero attached hydrogens (tertiary/aromatic N) is 1. The number of carbonyl (C=O) groups excluding carboxylic acids is 1. The lowest BCUT2D eigenvalue weighted by Gasteiger charge is -2.29. The van der Waals surface area contributed by atoms with E-state index < -0.39 is 26.8 Å². The van der Waals surface area contributed by atoms with Crippen molar-refractivity contribution in [2.75, 3.05) is 4.31 Å². The Bertz CT molecular complexity index is 1520. The van der Waals surface area contributed by atoms with Crippen molar-refractivity contribution in [1.29, 1.82) is 0 Å². The third-order valence-corrected chi connectivity index (χ3v) is 8.79. The third-order valence-electron chi connectivity index (χ3n) is 6.04. The van der Waals surface area contributed by atoms with Gasteiger partial charge in [-0.1, -0.05) is 66.5 Å². The van der Waals surface area contributed by atoms with Crippen LogP contribution in [0.1, 0.15) is 32.1 Å². The van der Waals surface area contributed by atoms with Crippen LogP contribution in [0.2, 0.25) is 5.02 Å². The number of anilines is 1. The number of fused-ring (bicyclic) bond motifs is 3. The molecule has 1 saturated carbocycles. The second-order valence-corrected chi connectivity index (χ2v) is 11.3. The maximum absolute atomic E-state index is 13.9.